The Morgan fingerprint density at radius 3 is 0.983 bits per heavy atom. The summed E-state index contributed by atoms with van der Waals surface area (Å²) in [6.07, 6.45) is -30.4. The van der Waals surface area contributed by atoms with Crippen molar-refractivity contribution >= 4 is 16.7 Å². The number of hydrogen-bond acceptors (Lipinski definition) is 9. The highest BCUT2D eigenvalue weighted by Crippen LogP contribution is 2.59. The largest absolute Gasteiger partial charge is 0.451 e. The monoisotopic (exact) mass is 823 g/mol. The average molecular weight is 823 g/mol. The molecule has 290 valence electrons. The molecule has 0 bridgehead atoms. The lowest BCUT2D eigenvalue weighted by molar-refractivity contribution is -0.160. The van der Waals surface area contributed by atoms with E-state index in [9.17, 15) is 103 Å². The van der Waals surface area contributed by atoms with Gasteiger partial charge in [0.25, 0.3) is 0 Å². The third kappa shape index (κ3) is 7.66. The summed E-state index contributed by atoms with van der Waals surface area (Å²) in [4.78, 5) is 4.20. The van der Waals surface area contributed by atoms with Crippen molar-refractivity contribution < 1.29 is 65.9 Å². The summed E-state index contributed by atoms with van der Waals surface area (Å²) in [5.41, 5.74) is -31.6. The van der Waals surface area contributed by atoms with Crippen LogP contribution in [0, 0.1) is 79.3 Å². The van der Waals surface area contributed by atoms with Gasteiger partial charge in [-0.25, -0.2) is 9.97 Å². The second-order valence-corrected chi connectivity index (χ2v) is 11.0. The number of nitriles is 7. The number of aromatic nitrogens is 2. The summed E-state index contributed by atoms with van der Waals surface area (Å²) in [6.45, 7) is 0. The van der Waals surface area contributed by atoms with Crippen LogP contribution >= 0.6 is 0 Å². The summed E-state index contributed by atoms with van der Waals surface area (Å²) in [5, 5.41) is 68.3. The molecule has 58 heavy (non-hydrogen) atoms. The number of halogens is 15. The van der Waals surface area contributed by atoms with E-state index < -0.39 is 132 Å². The molecule has 0 atom stereocenters. The highest BCUT2D eigenvalue weighted by atomic mass is 19.4. The van der Waals surface area contributed by atoms with Crippen molar-refractivity contribution in [3.05, 3.63) is 108 Å². The van der Waals surface area contributed by atoms with Gasteiger partial charge in [-0.2, -0.15) is 103 Å². The van der Waals surface area contributed by atoms with E-state index in [1.807, 2.05) is 0 Å². The van der Waals surface area contributed by atoms with Crippen LogP contribution in [0.3, 0.4) is 0 Å². The molecular weight excluding hydrogens is 819 g/mol. The molecule has 2 aromatic carbocycles. The van der Waals surface area contributed by atoms with Crippen molar-refractivity contribution in [2.24, 2.45) is 0 Å². The number of benzene rings is 2. The molecule has 1 fully saturated rings. The first kappa shape index (κ1) is 42.9. The Balaban J connectivity index is 2.53. The van der Waals surface area contributed by atoms with Crippen LogP contribution in [0.1, 0.15) is 67.3 Å². The lowest BCUT2D eigenvalue weighted by Gasteiger charge is -2.18. The van der Waals surface area contributed by atoms with Crippen molar-refractivity contribution in [2.45, 2.75) is 30.9 Å². The Kier molecular flexibility index (Phi) is 10.6. The maximum Gasteiger partial charge on any atom is 0.451 e. The maximum atomic E-state index is 14.5. The number of rotatable bonds is 3. The summed E-state index contributed by atoms with van der Waals surface area (Å²) in [7, 11) is 0. The molecule has 0 radical (unpaired) electrons. The van der Waals surface area contributed by atoms with E-state index >= 15 is 0 Å². The van der Waals surface area contributed by atoms with E-state index in [0.29, 0.717) is 12.1 Å². The minimum Gasteiger partial charge on any atom is -0.219 e. The van der Waals surface area contributed by atoms with E-state index in [1.54, 1.807) is 0 Å². The van der Waals surface area contributed by atoms with Gasteiger partial charge in [0.2, 0.25) is 5.82 Å². The number of alkyl halides is 15. The highest BCUT2D eigenvalue weighted by Gasteiger charge is 2.52. The quantitative estimate of drug-likeness (QED) is 0.183. The van der Waals surface area contributed by atoms with Crippen LogP contribution in [0.15, 0.2) is 41.0 Å². The first-order chi connectivity index (χ1) is 26.6. The van der Waals surface area contributed by atoms with Crippen molar-refractivity contribution in [3.8, 4) is 42.5 Å². The molecule has 24 heteroatoms. The van der Waals surface area contributed by atoms with Gasteiger partial charge in [-0.1, -0.05) is 0 Å². The fourth-order valence-electron chi connectivity index (χ4n) is 5.51. The molecule has 0 aliphatic heterocycles. The van der Waals surface area contributed by atoms with Gasteiger partial charge in [0.15, 0.2) is 11.4 Å². The first-order valence-electron chi connectivity index (χ1n) is 14.4. The van der Waals surface area contributed by atoms with E-state index in [1.165, 1.54) is 12.1 Å². The van der Waals surface area contributed by atoms with Crippen molar-refractivity contribution in [2.75, 3.05) is 0 Å². The fourth-order valence-corrected chi connectivity index (χ4v) is 5.51. The molecule has 0 amide bonds. The second kappa shape index (κ2) is 14.3. The number of allylic oxidation sites excluding steroid dienone is 6. The van der Waals surface area contributed by atoms with Crippen LogP contribution in [-0.4, -0.2) is 9.97 Å². The average Bonchev–Trinajstić information content (AvgIpc) is 3.82. The molecule has 0 saturated heterocycles. The summed E-state index contributed by atoms with van der Waals surface area (Å²) in [6, 6.07) is 8.49. The molecule has 1 aromatic heterocycles. The van der Waals surface area contributed by atoms with Crippen LogP contribution in [0.25, 0.3) is 16.7 Å². The fraction of sp³-hybridized carbons (Fsp3) is 0.147. The predicted molar refractivity (Wildman–Crippen MR) is 156 cm³/mol. The predicted octanol–water partition coefficient (Wildman–Crippen LogP) is 9.30. The van der Waals surface area contributed by atoms with Crippen molar-refractivity contribution in [1.29, 1.82) is 36.8 Å². The third-order valence-corrected chi connectivity index (χ3v) is 7.60. The zero-order valence-electron chi connectivity index (χ0n) is 27.0. The zero-order valence-corrected chi connectivity index (χ0v) is 27.0. The van der Waals surface area contributed by atoms with Gasteiger partial charge in [0.1, 0.15) is 18.2 Å². The van der Waals surface area contributed by atoms with Gasteiger partial charge in [0.05, 0.1) is 79.9 Å². The Hall–Kier alpha value is -7.88. The van der Waals surface area contributed by atoms with Crippen LogP contribution in [0.4, 0.5) is 65.9 Å². The molecule has 4 rings (SSSR count). The van der Waals surface area contributed by atoms with E-state index in [2.05, 4.69) is 9.97 Å². The minimum absolute atomic E-state index is 0.190. The van der Waals surface area contributed by atoms with E-state index in [4.69, 9.17) is 0 Å². The van der Waals surface area contributed by atoms with Crippen LogP contribution in [0.2, 0.25) is 0 Å². The number of nitrogens with zero attached hydrogens (tertiary/aromatic N) is 9. The van der Waals surface area contributed by atoms with E-state index in [-0.39, 0.29) is 12.1 Å². The van der Waals surface area contributed by atoms with Gasteiger partial charge in [0, 0.05) is 27.8 Å². The Morgan fingerprint density at radius 2 is 0.741 bits per heavy atom. The van der Waals surface area contributed by atoms with Gasteiger partial charge >= 0.3 is 30.9 Å². The number of hydrogen-bond donors (Lipinski definition) is 0. The Labute approximate surface area is 311 Å². The lowest BCUT2D eigenvalue weighted by Crippen LogP contribution is -2.25. The molecule has 1 aliphatic rings. The van der Waals surface area contributed by atoms with Crippen molar-refractivity contribution in [3.63, 3.8) is 0 Å². The lowest BCUT2D eigenvalue weighted by atomic mass is 9.91. The zero-order chi connectivity index (χ0) is 44.1. The highest BCUT2D eigenvalue weighted by molar-refractivity contribution is 6.13. The molecule has 0 N–H and O–H groups in total. The standard InChI is InChI=1S/C34H4F15N9/c35-30(36,37)25-14(7-52)1-12(5-50)3-16(25)18(9-54)21-22(19(10-55)17-4-13(6-51)2-15(8-53)26(17)31(38,39)40)23(21)20(11-56)24-27(32(41,42)43)57-29(34(47,48)49)58-28(24)33(44,45)46/h1-4H/b21-18-,22-19+,23-20?. The van der Waals surface area contributed by atoms with Crippen LogP contribution in [-0.2, 0) is 30.9 Å². The van der Waals surface area contributed by atoms with Gasteiger partial charge in [-0.05, 0) is 24.3 Å². The summed E-state index contributed by atoms with van der Waals surface area (Å²) >= 11 is 0. The molecule has 1 heterocycles. The van der Waals surface area contributed by atoms with Gasteiger partial charge in [-0.3, -0.25) is 0 Å². The molecule has 9 nitrogen and oxygen atoms in total. The van der Waals surface area contributed by atoms with Crippen LogP contribution in [0.5, 0.6) is 0 Å². The maximum absolute atomic E-state index is 14.5. The SMILES string of the molecule is N#CC(=C1C(=C(\C#N)c2cc(C#N)cc(C#N)c2C(F)(F)F)/C1=C(\C#N)c1cc(C#N)cc(C#N)c1C(F)(F)F)c1c(C(F)(F)F)nc(C(F)(F)F)nc1C(F)(F)F. The molecule has 0 spiro atoms. The van der Waals surface area contributed by atoms with Gasteiger partial charge < -0.3 is 0 Å². The smallest absolute Gasteiger partial charge is 0.219 e. The summed E-state index contributed by atoms with van der Waals surface area (Å²) in [5.74, 6) is -3.09. The molecule has 0 unspecified atom stereocenters. The van der Waals surface area contributed by atoms with E-state index in [0.717, 1.165) is 30.3 Å². The normalized spacial score (nSPS) is 15.7. The minimum atomic E-state index is -6.40. The molecule has 3 aromatic rings. The topological polar surface area (TPSA) is 192 Å². The molecular formula is C34H4F15N9. The van der Waals surface area contributed by atoms with Crippen molar-refractivity contribution in [1.82, 2.24) is 9.97 Å². The second-order valence-electron chi connectivity index (χ2n) is 11.0. The summed E-state index contributed by atoms with van der Waals surface area (Å²) < 4.78 is 214. The van der Waals surface area contributed by atoms with Crippen LogP contribution < -0.4 is 0 Å². The molecule has 1 aliphatic carbocycles. The van der Waals surface area contributed by atoms with Gasteiger partial charge in [-0.15, -0.1) is 0 Å². The Bertz CT molecular complexity index is 2560. The molecule has 1 saturated carbocycles. The first-order valence-corrected chi connectivity index (χ1v) is 14.4. The third-order valence-electron chi connectivity index (χ3n) is 7.60. The Morgan fingerprint density at radius 1 is 0.414 bits per heavy atom.